The molecule has 3 aromatic rings. The molecule has 21 heavy (non-hydrogen) atoms. The summed E-state index contributed by atoms with van der Waals surface area (Å²) in [5, 5.41) is 0. The average Bonchev–Trinajstić information content (AvgIpc) is 2.56. The van der Waals surface area contributed by atoms with E-state index in [0.29, 0.717) is 0 Å². The van der Waals surface area contributed by atoms with E-state index in [9.17, 15) is 0 Å². The average molecular weight is 270 g/mol. The van der Waals surface area contributed by atoms with Crippen LogP contribution in [-0.4, -0.2) is 0 Å². The summed E-state index contributed by atoms with van der Waals surface area (Å²) in [5.74, 6) is 0. The molecule has 3 rings (SSSR count). The normalized spacial score (nSPS) is 10.3. The van der Waals surface area contributed by atoms with Gasteiger partial charge in [-0.25, -0.2) is 0 Å². The second kappa shape index (κ2) is 5.80. The van der Waals surface area contributed by atoms with Crippen LogP contribution in [0.2, 0.25) is 0 Å². The summed E-state index contributed by atoms with van der Waals surface area (Å²) >= 11 is 0. The van der Waals surface area contributed by atoms with E-state index < -0.39 is 0 Å². The molecule has 0 fully saturated rings. The zero-order valence-electron chi connectivity index (χ0n) is 12.2. The maximum Gasteiger partial charge on any atom is -0.0184 e. The monoisotopic (exact) mass is 270 g/mol. The standard InChI is InChI=1S/C21H18/c1-16(2)17-8-10-20(11-9-17)21-14-12-19(13-15-21)18-6-4-3-5-7-18/h3-15H,1H2,2H3. The number of hydrogen-bond acceptors (Lipinski definition) is 0. The fourth-order valence-electron chi connectivity index (χ4n) is 2.43. The highest BCUT2D eigenvalue weighted by Crippen LogP contribution is 2.25. The lowest BCUT2D eigenvalue weighted by atomic mass is 9.99. The van der Waals surface area contributed by atoms with Crippen molar-refractivity contribution in [1.82, 2.24) is 0 Å². The third-order valence-electron chi connectivity index (χ3n) is 3.70. The smallest absolute Gasteiger partial charge is 0.0184 e. The molecule has 0 saturated carbocycles. The summed E-state index contributed by atoms with van der Waals surface area (Å²) in [6.45, 7) is 6.00. The number of allylic oxidation sites excluding steroid dienone is 1. The van der Waals surface area contributed by atoms with Gasteiger partial charge in [0.1, 0.15) is 0 Å². The van der Waals surface area contributed by atoms with Crippen molar-refractivity contribution in [3.8, 4) is 22.3 Å². The molecule has 0 atom stereocenters. The highest BCUT2D eigenvalue weighted by Gasteiger charge is 2.00. The molecule has 0 spiro atoms. The third-order valence-corrected chi connectivity index (χ3v) is 3.70. The molecular weight excluding hydrogens is 252 g/mol. The van der Waals surface area contributed by atoms with Crippen LogP contribution in [0.15, 0.2) is 85.4 Å². The van der Waals surface area contributed by atoms with Gasteiger partial charge in [-0.1, -0.05) is 91.0 Å². The van der Waals surface area contributed by atoms with E-state index >= 15 is 0 Å². The van der Waals surface area contributed by atoms with Crippen LogP contribution < -0.4 is 0 Å². The highest BCUT2D eigenvalue weighted by molar-refractivity contribution is 5.72. The van der Waals surface area contributed by atoms with Gasteiger partial charge in [-0.15, -0.1) is 0 Å². The van der Waals surface area contributed by atoms with Gasteiger partial charge in [0.25, 0.3) is 0 Å². The Hall–Kier alpha value is -2.60. The molecular formula is C21H18. The first-order valence-corrected chi connectivity index (χ1v) is 7.16. The van der Waals surface area contributed by atoms with Crippen molar-refractivity contribution < 1.29 is 0 Å². The Labute approximate surface area is 126 Å². The van der Waals surface area contributed by atoms with Crippen molar-refractivity contribution in [3.63, 3.8) is 0 Å². The second-order valence-electron chi connectivity index (χ2n) is 5.30. The Morgan fingerprint density at radius 2 is 0.952 bits per heavy atom. The maximum atomic E-state index is 3.97. The van der Waals surface area contributed by atoms with Crippen molar-refractivity contribution in [3.05, 3.63) is 91.0 Å². The third kappa shape index (κ3) is 2.95. The molecule has 0 saturated heterocycles. The van der Waals surface area contributed by atoms with E-state index in [4.69, 9.17) is 0 Å². The quantitative estimate of drug-likeness (QED) is 0.543. The minimum atomic E-state index is 1.10. The largest absolute Gasteiger partial charge is 0.0955 e. The molecule has 0 heteroatoms. The van der Waals surface area contributed by atoms with Crippen LogP contribution in [0.3, 0.4) is 0 Å². The molecule has 0 aliphatic carbocycles. The summed E-state index contributed by atoms with van der Waals surface area (Å²) in [7, 11) is 0. The minimum absolute atomic E-state index is 1.10. The van der Waals surface area contributed by atoms with Crippen LogP contribution in [0.25, 0.3) is 27.8 Å². The molecule has 0 unspecified atom stereocenters. The van der Waals surface area contributed by atoms with E-state index in [-0.39, 0.29) is 0 Å². The molecule has 0 nitrogen and oxygen atoms in total. The summed E-state index contributed by atoms with van der Waals surface area (Å²) < 4.78 is 0. The van der Waals surface area contributed by atoms with Crippen molar-refractivity contribution >= 4 is 5.57 Å². The Morgan fingerprint density at radius 1 is 0.571 bits per heavy atom. The first-order valence-electron chi connectivity index (χ1n) is 7.16. The van der Waals surface area contributed by atoms with Crippen molar-refractivity contribution in [2.75, 3.05) is 0 Å². The van der Waals surface area contributed by atoms with Gasteiger partial charge in [0.2, 0.25) is 0 Å². The molecule has 0 heterocycles. The molecule has 0 aliphatic rings. The van der Waals surface area contributed by atoms with E-state index in [1.54, 1.807) is 0 Å². The summed E-state index contributed by atoms with van der Waals surface area (Å²) in [5.41, 5.74) is 7.27. The van der Waals surface area contributed by atoms with Crippen LogP contribution in [-0.2, 0) is 0 Å². The van der Waals surface area contributed by atoms with Crippen LogP contribution in [0, 0.1) is 0 Å². The SMILES string of the molecule is C=C(C)c1ccc(-c2ccc(-c3ccccc3)cc2)cc1. The van der Waals surface area contributed by atoms with E-state index in [1.165, 1.54) is 27.8 Å². The fourth-order valence-corrected chi connectivity index (χ4v) is 2.43. The van der Waals surface area contributed by atoms with Crippen LogP contribution in [0.5, 0.6) is 0 Å². The minimum Gasteiger partial charge on any atom is -0.0955 e. The molecule has 102 valence electrons. The predicted octanol–water partition coefficient (Wildman–Crippen LogP) is 6.05. The molecule has 0 radical (unpaired) electrons. The van der Waals surface area contributed by atoms with Gasteiger partial charge >= 0.3 is 0 Å². The summed E-state index contributed by atoms with van der Waals surface area (Å²) in [4.78, 5) is 0. The zero-order chi connectivity index (χ0) is 14.7. The van der Waals surface area contributed by atoms with Gasteiger partial charge in [0.05, 0.1) is 0 Å². The van der Waals surface area contributed by atoms with Crippen LogP contribution in [0.4, 0.5) is 0 Å². The number of rotatable bonds is 3. The van der Waals surface area contributed by atoms with Gasteiger partial charge in [-0.3, -0.25) is 0 Å². The van der Waals surface area contributed by atoms with Gasteiger partial charge in [-0.2, -0.15) is 0 Å². The van der Waals surface area contributed by atoms with E-state index in [1.807, 2.05) is 13.0 Å². The van der Waals surface area contributed by atoms with Gasteiger partial charge in [-0.05, 0) is 34.7 Å². The van der Waals surface area contributed by atoms with Crippen molar-refractivity contribution in [1.29, 1.82) is 0 Å². The zero-order valence-corrected chi connectivity index (χ0v) is 12.2. The predicted molar refractivity (Wildman–Crippen MR) is 92.0 cm³/mol. The molecule has 0 bridgehead atoms. The Bertz CT molecular complexity index is 732. The fraction of sp³-hybridized carbons (Fsp3) is 0.0476. The Kier molecular flexibility index (Phi) is 3.70. The lowest BCUT2D eigenvalue weighted by Gasteiger charge is -2.06. The van der Waals surface area contributed by atoms with Gasteiger partial charge < -0.3 is 0 Å². The number of hydrogen-bond donors (Lipinski definition) is 0. The number of benzene rings is 3. The van der Waals surface area contributed by atoms with E-state index in [2.05, 4.69) is 79.4 Å². The van der Waals surface area contributed by atoms with Gasteiger partial charge in [0, 0.05) is 0 Å². The first kappa shape index (κ1) is 13.4. The first-order chi connectivity index (χ1) is 10.2. The molecule has 0 N–H and O–H groups in total. The lowest BCUT2D eigenvalue weighted by Crippen LogP contribution is -1.82. The van der Waals surface area contributed by atoms with E-state index in [0.717, 1.165) is 5.57 Å². The van der Waals surface area contributed by atoms with Crippen molar-refractivity contribution in [2.24, 2.45) is 0 Å². The maximum absolute atomic E-state index is 3.97. The molecule has 0 aliphatic heterocycles. The summed E-state index contributed by atoms with van der Waals surface area (Å²) in [6, 6.07) is 27.7. The van der Waals surface area contributed by atoms with Crippen LogP contribution >= 0.6 is 0 Å². The molecule has 3 aromatic carbocycles. The highest BCUT2D eigenvalue weighted by atomic mass is 14.1. The lowest BCUT2D eigenvalue weighted by molar-refractivity contribution is 1.55. The van der Waals surface area contributed by atoms with Gasteiger partial charge in [0.15, 0.2) is 0 Å². The summed E-state index contributed by atoms with van der Waals surface area (Å²) in [6.07, 6.45) is 0. The molecule has 0 aromatic heterocycles. The van der Waals surface area contributed by atoms with Crippen LogP contribution in [0.1, 0.15) is 12.5 Å². The molecule has 0 amide bonds. The topological polar surface area (TPSA) is 0 Å². The second-order valence-corrected chi connectivity index (χ2v) is 5.30. The Morgan fingerprint density at radius 3 is 1.38 bits per heavy atom. The Balaban J connectivity index is 1.89. The van der Waals surface area contributed by atoms with Crippen molar-refractivity contribution in [2.45, 2.75) is 6.92 Å².